The lowest BCUT2D eigenvalue weighted by atomic mass is 10.0. The minimum Gasteiger partial charge on any atom is -0.464 e. The number of carbonyl (C=O) groups excluding carboxylic acids is 3. The molecule has 0 radical (unpaired) electrons. The standard InChI is InChI=1S/C27H33N7O4S/c1-4-38-26(37)21(15-31-24(35)22-11-7-13-39-22)34-25(36)23-16(2)32-27(33-17(23)3)30-12-6-9-18-8-5-10-20(29)19(18)14-28/h5,7-8,10-11,13-14,21,28H,4,6,9,12,15,29H2,1-3H3,(H,31,35)(H,34,36)(H,30,32,33). The number of thiophene rings is 1. The van der Waals surface area contributed by atoms with E-state index in [9.17, 15) is 14.4 Å². The van der Waals surface area contributed by atoms with Gasteiger partial charge in [-0.1, -0.05) is 18.2 Å². The summed E-state index contributed by atoms with van der Waals surface area (Å²) in [5.74, 6) is -1.16. The Labute approximate surface area is 231 Å². The first kappa shape index (κ1) is 29.2. The lowest BCUT2D eigenvalue weighted by molar-refractivity contribution is -0.145. The van der Waals surface area contributed by atoms with Crippen molar-refractivity contribution in [3.63, 3.8) is 0 Å². The maximum absolute atomic E-state index is 13.1. The molecule has 6 N–H and O–H groups in total. The number of amides is 2. The number of anilines is 2. The number of nitrogen functional groups attached to an aromatic ring is 1. The van der Waals surface area contributed by atoms with Gasteiger partial charge in [-0.25, -0.2) is 14.8 Å². The summed E-state index contributed by atoms with van der Waals surface area (Å²) in [5, 5.41) is 17.8. The van der Waals surface area contributed by atoms with Crippen molar-refractivity contribution in [2.24, 2.45) is 0 Å². The molecule has 1 aromatic carbocycles. The SMILES string of the molecule is CCOC(=O)C(CNC(=O)c1cccs1)NC(=O)c1c(C)nc(NCCCc2cccc(N)c2C=N)nc1C. The Morgan fingerprint density at radius 2 is 1.87 bits per heavy atom. The fraction of sp³-hybridized carbons (Fsp3) is 0.333. The number of aromatic nitrogens is 2. The van der Waals surface area contributed by atoms with Crippen LogP contribution in [0.1, 0.15) is 55.9 Å². The van der Waals surface area contributed by atoms with Gasteiger partial charge in [0.2, 0.25) is 5.95 Å². The van der Waals surface area contributed by atoms with E-state index in [-0.39, 0.29) is 24.6 Å². The van der Waals surface area contributed by atoms with Gasteiger partial charge in [0.05, 0.1) is 28.4 Å². The molecule has 0 saturated heterocycles. The molecule has 3 aromatic rings. The van der Waals surface area contributed by atoms with Gasteiger partial charge in [-0.05, 0) is 56.7 Å². The van der Waals surface area contributed by atoms with Crippen LogP contribution >= 0.6 is 11.3 Å². The van der Waals surface area contributed by atoms with Gasteiger partial charge in [-0.3, -0.25) is 9.59 Å². The highest BCUT2D eigenvalue weighted by Crippen LogP contribution is 2.17. The molecule has 0 aliphatic rings. The van der Waals surface area contributed by atoms with Crippen LogP contribution in [-0.2, 0) is 16.0 Å². The van der Waals surface area contributed by atoms with Crippen LogP contribution in [0.2, 0.25) is 0 Å². The fourth-order valence-electron chi connectivity index (χ4n) is 3.99. The highest BCUT2D eigenvalue weighted by Gasteiger charge is 2.26. The van der Waals surface area contributed by atoms with Gasteiger partial charge in [-0.15, -0.1) is 11.3 Å². The maximum atomic E-state index is 13.1. The number of hydrogen-bond acceptors (Lipinski definition) is 10. The van der Waals surface area contributed by atoms with E-state index in [0.29, 0.717) is 34.4 Å². The van der Waals surface area contributed by atoms with Gasteiger partial charge >= 0.3 is 5.97 Å². The van der Waals surface area contributed by atoms with E-state index in [1.54, 1.807) is 44.4 Å². The van der Waals surface area contributed by atoms with Gasteiger partial charge in [0.1, 0.15) is 6.04 Å². The summed E-state index contributed by atoms with van der Waals surface area (Å²) >= 11 is 1.27. The van der Waals surface area contributed by atoms with Crippen molar-refractivity contribution in [2.45, 2.75) is 39.7 Å². The monoisotopic (exact) mass is 551 g/mol. The largest absolute Gasteiger partial charge is 0.464 e. The summed E-state index contributed by atoms with van der Waals surface area (Å²) in [5.41, 5.74) is 9.37. The number of nitrogens with two attached hydrogens (primary N) is 1. The molecule has 1 atom stereocenters. The van der Waals surface area contributed by atoms with Crippen molar-refractivity contribution < 1.29 is 19.1 Å². The first-order chi connectivity index (χ1) is 18.7. The lowest BCUT2D eigenvalue weighted by Crippen LogP contribution is -2.49. The molecule has 2 amide bonds. The molecular weight excluding hydrogens is 518 g/mol. The number of ether oxygens (including phenoxy) is 1. The van der Waals surface area contributed by atoms with Crippen molar-refractivity contribution in [1.82, 2.24) is 20.6 Å². The van der Waals surface area contributed by atoms with E-state index in [0.717, 1.165) is 24.0 Å². The molecule has 1 unspecified atom stereocenters. The summed E-state index contributed by atoms with van der Waals surface area (Å²) in [6, 6.07) is 7.93. The van der Waals surface area contributed by atoms with Gasteiger partial charge < -0.3 is 31.8 Å². The number of aryl methyl sites for hydroxylation is 3. The Kier molecular flexibility index (Phi) is 10.5. The number of hydrogen-bond donors (Lipinski definition) is 5. The first-order valence-electron chi connectivity index (χ1n) is 12.5. The average Bonchev–Trinajstić information content (AvgIpc) is 3.44. The molecule has 39 heavy (non-hydrogen) atoms. The third-order valence-electron chi connectivity index (χ3n) is 5.87. The first-order valence-corrected chi connectivity index (χ1v) is 13.4. The van der Waals surface area contributed by atoms with Gasteiger partial charge in [0.25, 0.3) is 11.8 Å². The Hall–Kier alpha value is -4.32. The van der Waals surface area contributed by atoms with Crippen LogP contribution in [0.4, 0.5) is 11.6 Å². The molecule has 2 heterocycles. The summed E-state index contributed by atoms with van der Waals surface area (Å²) in [6.07, 6.45) is 2.74. The van der Waals surface area contributed by atoms with Crippen LogP contribution in [0.25, 0.3) is 0 Å². The predicted molar refractivity (Wildman–Crippen MR) is 152 cm³/mol. The maximum Gasteiger partial charge on any atom is 0.330 e. The minimum atomic E-state index is -1.09. The van der Waals surface area contributed by atoms with E-state index < -0.39 is 17.9 Å². The second kappa shape index (κ2) is 14.0. The van der Waals surface area contributed by atoms with E-state index in [1.807, 2.05) is 12.1 Å². The summed E-state index contributed by atoms with van der Waals surface area (Å²) in [7, 11) is 0. The van der Waals surface area contributed by atoms with Crippen molar-refractivity contribution in [1.29, 1.82) is 5.41 Å². The number of carbonyl (C=O) groups is 3. The van der Waals surface area contributed by atoms with Crippen LogP contribution in [0.15, 0.2) is 35.7 Å². The Balaban J connectivity index is 1.62. The molecule has 12 heteroatoms. The molecule has 206 valence electrons. The van der Waals surface area contributed by atoms with Gasteiger partial charge in [0, 0.05) is 30.6 Å². The average molecular weight is 552 g/mol. The smallest absolute Gasteiger partial charge is 0.330 e. The Morgan fingerprint density at radius 1 is 1.13 bits per heavy atom. The minimum absolute atomic E-state index is 0.131. The number of nitrogens with one attached hydrogen (secondary N) is 4. The zero-order chi connectivity index (χ0) is 28.4. The van der Waals surface area contributed by atoms with Crippen LogP contribution < -0.4 is 21.7 Å². The van der Waals surface area contributed by atoms with Crippen molar-refractivity contribution in [3.8, 4) is 0 Å². The quantitative estimate of drug-likeness (QED) is 0.0933. The fourth-order valence-corrected chi connectivity index (χ4v) is 4.63. The van der Waals surface area contributed by atoms with E-state index in [4.69, 9.17) is 15.9 Å². The van der Waals surface area contributed by atoms with Crippen molar-refractivity contribution in [3.05, 3.63) is 68.7 Å². The molecule has 0 aliphatic carbocycles. The Morgan fingerprint density at radius 3 is 2.51 bits per heavy atom. The molecule has 0 saturated carbocycles. The van der Waals surface area contributed by atoms with E-state index in [1.165, 1.54) is 17.6 Å². The van der Waals surface area contributed by atoms with E-state index in [2.05, 4.69) is 25.9 Å². The van der Waals surface area contributed by atoms with Crippen molar-refractivity contribution in [2.75, 3.05) is 30.7 Å². The van der Waals surface area contributed by atoms with Crippen molar-refractivity contribution >= 4 is 47.0 Å². The second-order valence-corrected chi connectivity index (χ2v) is 9.60. The van der Waals surface area contributed by atoms with Gasteiger partial charge in [-0.2, -0.15) is 0 Å². The highest BCUT2D eigenvalue weighted by molar-refractivity contribution is 7.12. The molecule has 0 aliphatic heterocycles. The normalized spacial score (nSPS) is 11.4. The van der Waals surface area contributed by atoms with E-state index >= 15 is 0 Å². The van der Waals surface area contributed by atoms with Crippen LogP contribution in [0.5, 0.6) is 0 Å². The molecule has 3 rings (SSSR count). The predicted octanol–water partition coefficient (Wildman–Crippen LogP) is 2.87. The molecular formula is C27H33N7O4S. The molecule has 2 aromatic heterocycles. The molecule has 0 fully saturated rings. The van der Waals surface area contributed by atoms with Crippen LogP contribution in [0, 0.1) is 19.3 Å². The third kappa shape index (κ3) is 7.84. The van der Waals surface area contributed by atoms with Gasteiger partial charge in [0.15, 0.2) is 0 Å². The number of nitrogens with zero attached hydrogens (tertiary/aromatic N) is 2. The number of esters is 1. The van der Waals surface area contributed by atoms with Crippen LogP contribution in [-0.4, -0.2) is 59.7 Å². The third-order valence-corrected chi connectivity index (χ3v) is 6.74. The summed E-state index contributed by atoms with van der Waals surface area (Å²) in [6.45, 7) is 5.62. The zero-order valence-electron chi connectivity index (χ0n) is 22.2. The number of benzene rings is 1. The summed E-state index contributed by atoms with van der Waals surface area (Å²) < 4.78 is 5.09. The molecule has 0 bridgehead atoms. The lowest BCUT2D eigenvalue weighted by Gasteiger charge is -2.19. The summed E-state index contributed by atoms with van der Waals surface area (Å²) in [4.78, 5) is 47.3. The Bertz CT molecular complexity index is 1300. The number of rotatable bonds is 13. The highest BCUT2D eigenvalue weighted by atomic mass is 32.1. The molecule has 0 spiro atoms. The topological polar surface area (TPSA) is 172 Å². The van der Waals surface area contributed by atoms with Crippen LogP contribution in [0.3, 0.4) is 0 Å². The second-order valence-electron chi connectivity index (χ2n) is 8.65. The molecule has 11 nitrogen and oxygen atoms in total. The zero-order valence-corrected chi connectivity index (χ0v) is 23.0.